The summed E-state index contributed by atoms with van der Waals surface area (Å²) >= 11 is 0. The molecule has 0 aliphatic carbocycles. The summed E-state index contributed by atoms with van der Waals surface area (Å²) in [6, 6.07) is 6.61. The largest absolute Gasteiger partial charge is 0.462 e. The number of carbonyl (C=O) groups is 5. The number of unbranched alkanes of at least 4 members (excludes halogenated alkanes) is 8. The quantitative estimate of drug-likeness (QED) is 0.116. The van der Waals surface area contributed by atoms with Crippen molar-refractivity contribution in [3.8, 4) is 0 Å². The smallest absolute Gasteiger partial charge is 0.333 e. The van der Waals surface area contributed by atoms with E-state index in [9.17, 15) is 24.0 Å². The summed E-state index contributed by atoms with van der Waals surface area (Å²) in [6.07, 6.45) is 9.07. The van der Waals surface area contributed by atoms with Gasteiger partial charge in [-0.25, -0.2) is 4.79 Å². The molecule has 0 atom stereocenters. The molecule has 0 unspecified atom stereocenters. The van der Waals surface area contributed by atoms with Gasteiger partial charge in [-0.15, -0.1) is 0 Å². The molecule has 2 heterocycles. The summed E-state index contributed by atoms with van der Waals surface area (Å²) in [6.45, 7) is 8.20. The molecule has 8 heteroatoms. The normalized spacial score (nSPS) is 14.3. The lowest BCUT2D eigenvalue weighted by atomic mass is 9.89. The lowest BCUT2D eigenvalue weighted by molar-refractivity contribution is -0.139. The second kappa shape index (κ2) is 13.0. The number of nitrogens with zero attached hydrogens (tertiary/aromatic N) is 2. The van der Waals surface area contributed by atoms with Gasteiger partial charge in [0, 0.05) is 35.2 Å². The highest BCUT2D eigenvalue weighted by molar-refractivity contribution is 6.33. The monoisotopic (exact) mass is 546 g/mol. The van der Waals surface area contributed by atoms with Crippen LogP contribution in [0.2, 0.25) is 0 Å². The van der Waals surface area contributed by atoms with Crippen LogP contribution in [0.5, 0.6) is 0 Å². The van der Waals surface area contributed by atoms with Crippen molar-refractivity contribution < 1.29 is 28.7 Å². The molecule has 0 aromatic heterocycles. The fourth-order valence-corrected chi connectivity index (χ4v) is 5.46. The molecule has 0 bridgehead atoms. The minimum atomic E-state index is -0.443. The first-order valence-electron chi connectivity index (χ1n) is 14.4. The van der Waals surface area contributed by atoms with Gasteiger partial charge in [-0.05, 0) is 50.1 Å². The first kappa shape index (κ1) is 29.2. The molecule has 40 heavy (non-hydrogen) atoms. The molecule has 4 amide bonds. The van der Waals surface area contributed by atoms with E-state index < -0.39 is 11.9 Å². The van der Waals surface area contributed by atoms with Crippen LogP contribution in [0.15, 0.2) is 36.4 Å². The maximum atomic E-state index is 13.5. The maximum absolute atomic E-state index is 13.5. The van der Waals surface area contributed by atoms with Crippen molar-refractivity contribution in [3.63, 3.8) is 0 Å². The number of benzene rings is 2. The number of amides is 4. The van der Waals surface area contributed by atoms with Crippen molar-refractivity contribution in [1.82, 2.24) is 9.80 Å². The zero-order valence-electron chi connectivity index (χ0n) is 23.6. The number of ether oxygens (including phenoxy) is 1. The van der Waals surface area contributed by atoms with Crippen molar-refractivity contribution in [2.24, 2.45) is 0 Å². The maximum Gasteiger partial charge on any atom is 0.333 e. The Morgan fingerprint density at radius 1 is 0.750 bits per heavy atom. The Labute approximate surface area is 235 Å². The van der Waals surface area contributed by atoms with Crippen molar-refractivity contribution in [2.75, 3.05) is 19.7 Å². The lowest BCUT2D eigenvalue weighted by Gasteiger charge is -2.27. The van der Waals surface area contributed by atoms with Crippen LogP contribution in [-0.4, -0.2) is 59.1 Å². The average Bonchev–Trinajstić information content (AvgIpc) is 3.18. The Hall–Kier alpha value is -3.81. The van der Waals surface area contributed by atoms with Crippen molar-refractivity contribution in [3.05, 3.63) is 58.7 Å². The van der Waals surface area contributed by atoms with Gasteiger partial charge < -0.3 is 4.74 Å². The first-order chi connectivity index (χ1) is 19.3. The Bertz CT molecular complexity index is 1360. The number of esters is 1. The van der Waals surface area contributed by atoms with Gasteiger partial charge in [0.25, 0.3) is 23.6 Å². The predicted octanol–water partition coefficient (Wildman–Crippen LogP) is 6.07. The highest BCUT2D eigenvalue weighted by Gasteiger charge is 2.41. The van der Waals surface area contributed by atoms with E-state index in [2.05, 4.69) is 13.5 Å². The number of rotatable bonds is 15. The van der Waals surface area contributed by atoms with Gasteiger partial charge in [-0.3, -0.25) is 29.0 Å². The van der Waals surface area contributed by atoms with Crippen LogP contribution in [-0.2, 0) is 9.53 Å². The van der Waals surface area contributed by atoms with Gasteiger partial charge in [0.05, 0.1) is 17.7 Å². The molecule has 0 radical (unpaired) electrons. The van der Waals surface area contributed by atoms with Crippen LogP contribution < -0.4 is 0 Å². The zero-order valence-corrected chi connectivity index (χ0v) is 23.6. The van der Waals surface area contributed by atoms with Crippen molar-refractivity contribution >= 4 is 40.4 Å². The number of hydrogen-bond donors (Lipinski definition) is 0. The topological polar surface area (TPSA) is 101 Å². The van der Waals surface area contributed by atoms with Gasteiger partial charge in [0.15, 0.2) is 0 Å². The summed E-state index contributed by atoms with van der Waals surface area (Å²) in [5, 5.41) is 0.939. The molecule has 0 saturated heterocycles. The van der Waals surface area contributed by atoms with Gasteiger partial charge in [0.2, 0.25) is 0 Å². The molecule has 212 valence electrons. The summed E-state index contributed by atoms with van der Waals surface area (Å²) in [5.41, 5.74) is 1.55. The van der Waals surface area contributed by atoms with Gasteiger partial charge in [0.1, 0.15) is 0 Å². The summed E-state index contributed by atoms with van der Waals surface area (Å²) in [5.74, 6) is -1.97. The Morgan fingerprint density at radius 2 is 1.32 bits per heavy atom. The molecule has 0 N–H and O–H groups in total. The van der Waals surface area contributed by atoms with E-state index in [1.807, 2.05) is 0 Å². The molecule has 2 aromatic carbocycles. The molecular weight excluding hydrogens is 508 g/mol. The van der Waals surface area contributed by atoms with Gasteiger partial charge >= 0.3 is 5.97 Å². The van der Waals surface area contributed by atoms with Crippen LogP contribution in [0.3, 0.4) is 0 Å². The van der Waals surface area contributed by atoms with Crippen molar-refractivity contribution in [1.29, 1.82) is 0 Å². The van der Waals surface area contributed by atoms with Crippen LogP contribution in [0.1, 0.15) is 119 Å². The third kappa shape index (κ3) is 5.86. The number of fused-ring (bicyclic) bond motifs is 2. The molecule has 0 fully saturated rings. The molecular formula is C32H38N2O6. The van der Waals surface area contributed by atoms with E-state index in [4.69, 9.17) is 4.74 Å². The average molecular weight is 547 g/mol. The minimum absolute atomic E-state index is 0.239. The summed E-state index contributed by atoms with van der Waals surface area (Å²) < 4.78 is 5.10. The van der Waals surface area contributed by atoms with E-state index in [0.29, 0.717) is 53.5 Å². The second-order valence-electron chi connectivity index (χ2n) is 10.7. The van der Waals surface area contributed by atoms with E-state index in [-0.39, 0.29) is 35.4 Å². The fraction of sp³-hybridized carbons (Fsp3) is 0.469. The predicted molar refractivity (Wildman–Crippen MR) is 152 cm³/mol. The molecule has 2 aliphatic rings. The third-order valence-electron chi connectivity index (χ3n) is 7.64. The number of imide groups is 2. The Morgan fingerprint density at radius 3 is 2.00 bits per heavy atom. The molecule has 2 aromatic rings. The molecule has 8 nitrogen and oxygen atoms in total. The molecule has 2 aliphatic heterocycles. The fourth-order valence-electron chi connectivity index (χ4n) is 5.46. The van der Waals surface area contributed by atoms with Crippen LogP contribution in [0.4, 0.5) is 0 Å². The highest BCUT2D eigenvalue weighted by Crippen LogP contribution is 2.38. The van der Waals surface area contributed by atoms with Crippen LogP contribution in [0, 0.1) is 0 Å². The van der Waals surface area contributed by atoms with Gasteiger partial charge in [-0.1, -0.05) is 64.2 Å². The van der Waals surface area contributed by atoms with E-state index in [1.165, 1.54) is 22.3 Å². The minimum Gasteiger partial charge on any atom is -0.462 e. The van der Waals surface area contributed by atoms with Gasteiger partial charge in [-0.2, -0.15) is 0 Å². The zero-order chi connectivity index (χ0) is 28.8. The summed E-state index contributed by atoms with van der Waals surface area (Å²) in [7, 11) is 0. The molecule has 4 rings (SSSR count). The molecule has 0 saturated carbocycles. The highest BCUT2D eigenvalue weighted by atomic mass is 16.5. The van der Waals surface area contributed by atoms with Crippen LogP contribution >= 0.6 is 0 Å². The summed E-state index contributed by atoms with van der Waals surface area (Å²) in [4.78, 5) is 67.5. The first-order valence-corrected chi connectivity index (χ1v) is 14.4. The standard InChI is InChI=1S/C32H38N2O6/c1-4-5-6-7-8-11-18-34-30(37)25-20-24-26-22(27(25)31(34)38)15-14-16-23(26)28(35)33(29(24)36)17-12-9-10-13-19-40-32(39)21(2)3/h14-16,20H,2,4-13,17-19H2,1,3H3. The Kier molecular flexibility index (Phi) is 9.50. The number of carbonyl (C=O) groups excluding carboxylic acids is 5. The van der Waals surface area contributed by atoms with Crippen LogP contribution in [0.25, 0.3) is 10.8 Å². The van der Waals surface area contributed by atoms with E-state index in [0.717, 1.165) is 44.9 Å². The van der Waals surface area contributed by atoms with E-state index >= 15 is 0 Å². The second-order valence-corrected chi connectivity index (χ2v) is 10.7. The lowest BCUT2D eigenvalue weighted by Crippen LogP contribution is -2.41. The number of hydrogen-bond acceptors (Lipinski definition) is 6. The molecule has 0 spiro atoms. The van der Waals surface area contributed by atoms with E-state index in [1.54, 1.807) is 25.1 Å². The SMILES string of the molecule is C=C(C)C(=O)OCCCCCCN1C(=O)c2cccc3c4c(cc(c23)C1=O)C(=O)N(CCCCCCCC)C4=O. The Balaban J connectivity index is 1.45. The third-order valence-corrected chi connectivity index (χ3v) is 7.64. The van der Waals surface area contributed by atoms with Crippen molar-refractivity contribution in [2.45, 2.75) is 78.1 Å².